The largest absolute Gasteiger partial charge is 0.358 e. The number of rotatable bonds is 4. The van der Waals surface area contributed by atoms with Gasteiger partial charge in [-0.3, -0.25) is 4.90 Å². The maximum absolute atomic E-state index is 4.76. The minimum atomic E-state index is 0.945. The highest BCUT2D eigenvalue weighted by Gasteiger charge is 2.20. The lowest BCUT2D eigenvalue weighted by atomic mass is 10.0. The molecule has 124 valence electrons. The lowest BCUT2D eigenvalue weighted by Gasteiger charge is -2.28. The van der Waals surface area contributed by atoms with E-state index in [1.807, 2.05) is 6.20 Å². The van der Waals surface area contributed by atoms with Crippen LogP contribution in [-0.2, 0) is 25.9 Å². The van der Waals surface area contributed by atoms with Gasteiger partial charge in [-0.05, 0) is 25.0 Å². The Hall–Kier alpha value is -2.20. The fourth-order valence-electron chi connectivity index (χ4n) is 3.66. The Kier molecular flexibility index (Phi) is 4.07. The Bertz CT molecular complexity index is 865. The van der Waals surface area contributed by atoms with Gasteiger partial charge in [-0.2, -0.15) is 0 Å². The van der Waals surface area contributed by atoms with Crippen molar-refractivity contribution in [2.24, 2.45) is 0 Å². The van der Waals surface area contributed by atoms with E-state index in [-0.39, 0.29) is 0 Å². The predicted molar refractivity (Wildman–Crippen MR) is 96.9 cm³/mol. The molecule has 1 aromatic carbocycles. The summed E-state index contributed by atoms with van der Waals surface area (Å²) in [5.74, 6) is 0.997. The molecule has 0 saturated carbocycles. The molecule has 4 nitrogen and oxygen atoms in total. The summed E-state index contributed by atoms with van der Waals surface area (Å²) in [5, 5.41) is 1.34. The number of nitrogens with zero attached hydrogens (tertiary/aromatic N) is 3. The number of hydrogen-bond acceptors (Lipinski definition) is 3. The molecule has 0 unspecified atom stereocenters. The van der Waals surface area contributed by atoms with Gasteiger partial charge in [0.25, 0.3) is 0 Å². The summed E-state index contributed by atoms with van der Waals surface area (Å²) >= 11 is 0. The Balaban J connectivity index is 1.55. The zero-order valence-electron chi connectivity index (χ0n) is 14.5. The van der Waals surface area contributed by atoms with Crippen LogP contribution in [0.25, 0.3) is 10.9 Å². The van der Waals surface area contributed by atoms with Crippen LogP contribution in [-0.4, -0.2) is 26.4 Å². The van der Waals surface area contributed by atoms with E-state index in [9.17, 15) is 0 Å². The molecule has 0 amide bonds. The standard InChI is InChI=1S/C20H24N4/c1-3-6-20-21-11-15-12-24(10-9-18(15)23-20)13-17-14(2)22-19-8-5-4-7-16(17)19/h4-5,7-8,11,22H,3,6,9-10,12-13H2,1-2H3. The summed E-state index contributed by atoms with van der Waals surface area (Å²) in [6.45, 7) is 7.34. The lowest BCUT2D eigenvalue weighted by Crippen LogP contribution is -2.31. The number of aryl methyl sites for hydroxylation is 2. The van der Waals surface area contributed by atoms with Crippen LogP contribution < -0.4 is 0 Å². The minimum Gasteiger partial charge on any atom is -0.358 e. The molecule has 3 aromatic rings. The van der Waals surface area contributed by atoms with E-state index in [4.69, 9.17) is 4.98 Å². The van der Waals surface area contributed by atoms with Crippen LogP contribution >= 0.6 is 0 Å². The third kappa shape index (κ3) is 2.82. The van der Waals surface area contributed by atoms with Gasteiger partial charge in [-0.1, -0.05) is 25.1 Å². The van der Waals surface area contributed by atoms with Gasteiger partial charge in [0.1, 0.15) is 5.82 Å². The highest BCUT2D eigenvalue weighted by molar-refractivity contribution is 5.84. The van der Waals surface area contributed by atoms with Gasteiger partial charge in [0.15, 0.2) is 0 Å². The van der Waals surface area contributed by atoms with E-state index in [2.05, 4.69) is 53.0 Å². The van der Waals surface area contributed by atoms with Gasteiger partial charge in [0.2, 0.25) is 0 Å². The van der Waals surface area contributed by atoms with Crippen molar-refractivity contribution in [3.05, 3.63) is 58.8 Å². The number of benzene rings is 1. The van der Waals surface area contributed by atoms with Gasteiger partial charge in [-0.15, -0.1) is 0 Å². The molecule has 0 bridgehead atoms. The molecular formula is C20H24N4. The van der Waals surface area contributed by atoms with Gasteiger partial charge in [0.05, 0.1) is 0 Å². The van der Waals surface area contributed by atoms with Crippen molar-refractivity contribution in [2.75, 3.05) is 6.54 Å². The third-order valence-corrected chi connectivity index (χ3v) is 4.95. The molecule has 4 heteroatoms. The second kappa shape index (κ2) is 6.36. The number of nitrogens with one attached hydrogen (secondary N) is 1. The van der Waals surface area contributed by atoms with Crippen LogP contribution in [0.3, 0.4) is 0 Å². The van der Waals surface area contributed by atoms with E-state index < -0.39 is 0 Å². The fourth-order valence-corrected chi connectivity index (χ4v) is 3.66. The molecule has 0 atom stereocenters. The summed E-state index contributed by atoms with van der Waals surface area (Å²) in [4.78, 5) is 15.3. The number of aromatic nitrogens is 3. The van der Waals surface area contributed by atoms with Crippen molar-refractivity contribution in [1.29, 1.82) is 0 Å². The number of aromatic amines is 1. The van der Waals surface area contributed by atoms with Crippen LogP contribution in [0.1, 0.15) is 41.7 Å². The van der Waals surface area contributed by atoms with Crippen molar-refractivity contribution in [1.82, 2.24) is 19.9 Å². The maximum atomic E-state index is 4.76. The molecule has 1 aliphatic heterocycles. The molecule has 0 radical (unpaired) electrons. The number of para-hydroxylation sites is 1. The molecule has 2 aromatic heterocycles. The highest BCUT2D eigenvalue weighted by Crippen LogP contribution is 2.25. The highest BCUT2D eigenvalue weighted by atomic mass is 15.1. The molecule has 0 saturated heterocycles. The molecule has 1 aliphatic rings. The number of H-pyrrole nitrogens is 1. The van der Waals surface area contributed by atoms with Crippen LogP contribution in [0.2, 0.25) is 0 Å². The van der Waals surface area contributed by atoms with Crippen molar-refractivity contribution < 1.29 is 0 Å². The number of hydrogen-bond donors (Lipinski definition) is 1. The van der Waals surface area contributed by atoms with Crippen molar-refractivity contribution in [3.8, 4) is 0 Å². The average molecular weight is 320 g/mol. The average Bonchev–Trinajstić information content (AvgIpc) is 2.91. The maximum Gasteiger partial charge on any atom is 0.128 e. The summed E-state index contributed by atoms with van der Waals surface area (Å²) in [6.07, 6.45) is 5.15. The Morgan fingerprint density at radius 1 is 1.25 bits per heavy atom. The topological polar surface area (TPSA) is 44.8 Å². The quantitative estimate of drug-likeness (QED) is 0.796. The van der Waals surface area contributed by atoms with Gasteiger partial charge >= 0.3 is 0 Å². The third-order valence-electron chi connectivity index (χ3n) is 4.95. The van der Waals surface area contributed by atoms with Gasteiger partial charge < -0.3 is 4.98 Å². The summed E-state index contributed by atoms with van der Waals surface area (Å²) in [6, 6.07) is 8.57. The van der Waals surface area contributed by atoms with Crippen LogP contribution in [0.15, 0.2) is 30.5 Å². The molecular weight excluding hydrogens is 296 g/mol. The zero-order valence-corrected chi connectivity index (χ0v) is 14.5. The predicted octanol–water partition coefficient (Wildman–Crippen LogP) is 3.78. The van der Waals surface area contributed by atoms with Gasteiger partial charge in [0, 0.05) is 66.5 Å². The normalized spacial score (nSPS) is 14.9. The van der Waals surface area contributed by atoms with Crippen LogP contribution in [0, 0.1) is 6.92 Å². The molecule has 1 N–H and O–H groups in total. The van der Waals surface area contributed by atoms with Crippen molar-refractivity contribution in [3.63, 3.8) is 0 Å². The Morgan fingerprint density at radius 2 is 2.12 bits per heavy atom. The molecule has 24 heavy (non-hydrogen) atoms. The first-order chi connectivity index (χ1) is 11.7. The van der Waals surface area contributed by atoms with E-state index in [0.29, 0.717) is 0 Å². The second-order valence-electron chi connectivity index (χ2n) is 6.74. The summed E-state index contributed by atoms with van der Waals surface area (Å²) in [5.41, 5.74) is 6.46. The first-order valence-electron chi connectivity index (χ1n) is 8.87. The summed E-state index contributed by atoms with van der Waals surface area (Å²) in [7, 11) is 0. The number of fused-ring (bicyclic) bond motifs is 2. The first kappa shape index (κ1) is 15.3. The molecule has 3 heterocycles. The monoisotopic (exact) mass is 320 g/mol. The van der Waals surface area contributed by atoms with Crippen molar-refractivity contribution >= 4 is 10.9 Å². The lowest BCUT2D eigenvalue weighted by molar-refractivity contribution is 0.243. The smallest absolute Gasteiger partial charge is 0.128 e. The van der Waals surface area contributed by atoms with Crippen molar-refractivity contribution in [2.45, 2.75) is 46.2 Å². The SMILES string of the molecule is CCCc1ncc2c(n1)CCN(Cc1c(C)[nH]c3ccccc13)C2. The fraction of sp³-hybridized carbons (Fsp3) is 0.400. The van der Waals surface area contributed by atoms with Crippen LogP contribution in [0.5, 0.6) is 0 Å². The summed E-state index contributed by atoms with van der Waals surface area (Å²) < 4.78 is 0. The second-order valence-corrected chi connectivity index (χ2v) is 6.74. The van der Waals surface area contributed by atoms with E-state index in [0.717, 1.165) is 44.7 Å². The molecule has 0 aliphatic carbocycles. The minimum absolute atomic E-state index is 0.945. The molecule has 0 spiro atoms. The zero-order chi connectivity index (χ0) is 16.5. The van der Waals surface area contributed by atoms with E-state index in [1.54, 1.807) is 0 Å². The van der Waals surface area contributed by atoms with Crippen LogP contribution in [0.4, 0.5) is 0 Å². The van der Waals surface area contributed by atoms with E-state index in [1.165, 1.54) is 33.4 Å². The molecule has 4 rings (SSSR count). The van der Waals surface area contributed by atoms with Gasteiger partial charge in [-0.25, -0.2) is 9.97 Å². The first-order valence-corrected chi connectivity index (χ1v) is 8.87. The van der Waals surface area contributed by atoms with E-state index >= 15 is 0 Å². The molecule has 0 fully saturated rings. The Morgan fingerprint density at radius 3 is 3.00 bits per heavy atom. The Labute approximate surface area is 142 Å².